The molecule has 0 radical (unpaired) electrons. The summed E-state index contributed by atoms with van der Waals surface area (Å²) in [5, 5.41) is 19.3. The van der Waals surface area contributed by atoms with Crippen molar-refractivity contribution in [3.05, 3.63) is 35.5 Å². The predicted molar refractivity (Wildman–Crippen MR) is 87.7 cm³/mol. The van der Waals surface area contributed by atoms with Crippen molar-refractivity contribution in [1.29, 1.82) is 0 Å². The average molecular weight is 317 g/mol. The van der Waals surface area contributed by atoms with E-state index in [0.717, 1.165) is 35.5 Å². The van der Waals surface area contributed by atoms with Crippen LogP contribution in [0.15, 0.2) is 24.4 Å². The van der Waals surface area contributed by atoms with E-state index in [9.17, 15) is 5.11 Å². The van der Waals surface area contributed by atoms with Crippen molar-refractivity contribution < 1.29 is 14.6 Å². The van der Waals surface area contributed by atoms with Crippen LogP contribution in [0, 0.1) is 0 Å². The zero-order valence-electron chi connectivity index (χ0n) is 13.3. The van der Waals surface area contributed by atoms with Gasteiger partial charge in [0.2, 0.25) is 0 Å². The second kappa shape index (κ2) is 7.37. The van der Waals surface area contributed by atoms with Gasteiger partial charge in [0.05, 0.1) is 19.8 Å². The molecular weight excluding hydrogens is 294 g/mol. The number of nitrogens with zero attached hydrogens (tertiary/aromatic N) is 1. The number of H-pyrrole nitrogens is 1. The van der Waals surface area contributed by atoms with Crippen molar-refractivity contribution in [3.8, 4) is 11.5 Å². The summed E-state index contributed by atoms with van der Waals surface area (Å²) in [6.45, 7) is 0.556. The fourth-order valence-electron chi connectivity index (χ4n) is 2.88. The standard InChI is InChI=1S/C17H23N3O3/c1-22-15-7-6-12(8-16(15)23-14-4-2-3-5-14)9-18-17-13(11-21)10-19-20-17/h6-8,10,14,21H,2-5,9,11H2,1H3,(H2,18,19,20). The number of nitrogens with one attached hydrogen (secondary N) is 2. The molecule has 1 heterocycles. The van der Waals surface area contributed by atoms with Crippen LogP contribution in [0.4, 0.5) is 5.82 Å². The predicted octanol–water partition coefficient (Wildman–Crippen LogP) is 2.84. The quantitative estimate of drug-likeness (QED) is 0.732. The second-order valence-electron chi connectivity index (χ2n) is 5.78. The summed E-state index contributed by atoms with van der Waals surface area (Å²) in [4.78, 5) is 0. The van der Waals surface area contributed by atoms with Gasteiger partial charge < -0.3 is 19.9 Å². The lowest BCUT2D eigenvalue weighted by atomic mass is 10.2. The summed E-state index contributed by atoms with van der Waals surface area (Å²) < 4.78 is 11.5. The number of rotatable bonds is 7. The molecule has 0 amide bonds. The fraction of sp³-hybridized carbons (Fsp3) is 0.471. The molecule has 124 valence electrons. The van der Waals surface area contributed by atoms with E-state index in [1.54, 1.807) is 13.3 Å². The van der Waals surface area contributed by atoms with Gasteiger partial charge in [-0.15, -0.1) is 0 Å². The van der Waals surface area contributed by atoms with Crippen LogP contribution < -0.4 is 14.8 Å². The summed E-state index contributed by atoms with van der Waals surface area (Å²) in [5.74, 6) is 2.22. The second-order valence-corrected chi connectivity index (χ2v) is 5.78. The van der Waals surface area contributed by atoms with Crippen LogP contribution in [-0.2, 0) is 13.2 Å². The van der Waals surface area contributed by atoms with Gasteiger partial charge in [0, 0.05) is 18.3 Å². The minimum Gasteiger partial charge on any atom is -0.493 e. The molecule has 1 aromatic carbocycles. The van der Waals surface area contributed by atoms with Crippen molar-refractivity contribution in [2.75, 3.05) is 12.4 Å². The van der Waals surface area contributed by atoms with E-state index >= 15 is 0 Å². The Labute approximate surface area is 135 Å². The molecule has 0 aliphatic heterocycles. The highest BCUT2D eigenvalue weighted by Gasteiger charge is 2.18. The Balaban J connectivity index is 1.69. The van der Waals surface area contributed by atoms with E-state index in [0.29, 0.717) is 18.5 Å². The molecule has 6 heteroatoms. The fourth-order valence-corrected chi connectivity index (χ4v) is 2.88. The van der Waals surface area contributed by atoms with E-state index in [-0.39, 0.29) is 6.61 Å². The maximum absolute atomic E-state index is 9.24. The van der Waals surface area contributed by atoms with Crippen molar-refractivity contribution in [1.82, 2.24) is 10.2 Å². The molecule has 3 rings (SSSR count). The summed E-state index contributed by atoms with van der Waals surface area (Å²) in [5.41, 5.74) is 1.83. The molecular formula is C17H23N3O3. The van der Waals surface area contributed by atoms with E-state index in [1.807, 2.05) is 18.2 Å². The molecule has 0 bridgehead atoms. The monoisotopic (exact) mass is 317 g/mol. The van der Waals surface area contributed by atoms with Gasteiger partial charge in [-0.2, -0.15) is 5.10 Å². The summed E-state index contributed by atoms with van der Waals surface area (Å²) in [7, 11) is 1.66. The zero-order valence-corrected chi connectivity index (χ0v) is 13.3. The molecule has 1 aromatic heterocycles. The van der Waals surface area contributed by atoms with Crippen molar-refractivity contribution in [2.45, 2.75) is 44.9 Å². The number of hydrogen-bond acceptors (Lipinski definition) is 5. The van der Waals surface area contributed by atoms with Crippen molar-refractivity contribution in [3.63, 3.8) is 0 Å². The maximum atomic E-state index is 9.24. The molecule has 23 heavy (non-hydrogen) atoms. The van der Waals surface area contributed by atoms with Crippen LogP contribution >= 0.6 is 0 Å². The Bertz CT molecular complexity index is 636. The van der Waals surface area contributed by atoms with Crippen LogP contribution in [-0.4, -0.2) is 28.5 Å². The first-order chi connectivity index (χ1) is 11.3. The minimum atomic E-state index is -0.0442. The van der Waals surface area contributed by atoms with Gasteiger partial charge >= 0.3 is 0 Å². The summed E-state index contributed by atoms with van der Waals surface area (Å²) >= 11 is 0. The molecule has 6 nitrogen and oxygen atoms in total. The molecule has 1 aliphatic carbocycles. The molecule has 0 spiro atoms. The smallest absolute Gasteiger partial charge is 0.161 e. The number of hydrogen-bond donors (Lipinski definition) is 3. The van der Waals surface area contributed by atoms with Gasteiger partial charge in [0.25, 0.3) is 0 Å². The Morgan fingerprint density at radius 3 is 2.87 bits per heavy atom. The highest BCUT2D eigenvalue weighted by molar-refractivity contribution is 5.46. The third-order valence-corrected chi connectivity index (χ3v) is 4.17. The van der Waals surface area contributed by atoms with E-state index in [2.05, 4.69) is 15.5 Å². The van der Waals surface area contributed by atoms with Crippen LogP contribution in [0.2, 0.25) is 0 Å². The lowest BCUT2D eigenvalue weighted by molar-refractivity contribution is 0.200. The van der Waals surface area contributed by atoms with E-state index in [1.165, 1.54) is 12.8 Å². The van der Waals surface area contributed by atoms with Crippen LogP contribution in [0.5, 0.6) is 11.5 Å². The number of anilines is 1. The number of benzene rings is 1. The summed E-state index contributed by atoms with van der Waals surface area (Å²) in [6.07, 6.45) is 6.66. The molecule has 2 aromatic rings. The first kappa shape index (κ1) is 15.7. The molecule has 1 fully saturated rings. The topological polar surface area (TPSA) is 79.4 Å². The lowest BCUT2D eigenvalue weighted by Crippen LogP contribution is -2.12. The van der Waals surface area contributed by atoms with E-state index in [4.69, 9.17) is 9.47 Å². The van der Waals surface area contributed by atoms with Crippen molar-refractivity contribution in [2.24, 2.45) is 0 Å². The third-order valence-electron chi connectivity index (χ3n) is 4.17. The minimum absolute atomic E-state index is 0.0442. The number of aliphatic hydroxyl groups excluding tert-OH is 1. The molecule has 1 saturated carbocycles. The first-order valence-corrected chi connectivity index (χ1v) is 8.01. The zero-order chi connectivity index (χ0) is 16.1. The molecule has 3 N–H and O–H groups in total. The summed E-state index contributed by atoms with van der Waals surface area (Å²) in [6, 6.07) is 5.94. The Morgan fingerprint density at radius 1 is 1.30 bits per heavy atom. The number of ether oxygens (including phenoxy) is 2. The number of aromatic amines is 1. The Hall–Kier alpha value is -2.21. The van der Waals surface area contributed by atoms with Gasteiger partial charge in [-0.3, -0.25) is 5.10 Å². The van der Waals surface area contributed by atoms with Gasteiger partial charge in [-0.1, -0.05) is 6.07 Å². The lowest BCUT2D eigenvalue weighted by Gasteiger charge is -2.17. The number of aliphatic hydroxyl groups is 1. The third kappa shape index (κ3) is 3.76. The SMILES string of the molecule is COc1ccc(CNc2n[nH]cc2CO)cc1OC1CCCC1. The molecule has 0 saturated heterocycles. The van der Waals surface area contributed by atoms with Gasteiger partial charge in [0.1, 0.15) is 0 Å². The Kier molecular flexibility index (Phi) is 5.02. The van der Waals surface area contributed by atoms with Crippen LogP contribution in [0.1, 0.15) is 36.8 Å². The molecule has 0 atom stereocenters. The van der Waals surface area contributed by atoms with Gasteiger partial charge in [-0.25, -0.2) is 0 Å². The van der Waals surface area contributed by atoms with E-state index < -0.39 is 0 Å². The number of aromatic nitrogens is 2. The van der Waals surface area contributed by atoms with Crippen LogP contribution in [0.3, 0.4) is 0 Å². The van der Waals surface area contributed by atoms with Gasteiger partial charge in [-0.05, 0) is 43.4 Å². The highest BCUT2D eigenvalue weighted by Crippen LogP contribution is 2.32. The first-order valence-electron chi connectivity index (χ1n) is 8.01. The van der Waals surface area contributed by atoms with Gasteiger partial charge in [0.15, 0.2) is 17.3 Å². The van der Waals surface area contributed by atoms with Crippen LogP contribution in [0.25, 0.3) is 0 Å². The average Bonchev–Trinajstić information content (AvgIpc) is 3.24. The van der Waals surface area contributed by atoms with Crippen molar-refractivity contribution >= 4 is 5.82 Å². The largest absolute Gasteiger partial charge is 0.493 e. The number of methoxy groups -OCH3 is 1. The normalized spacial score (nSPS) is 14.9. The molecule has 1 aliphatic rings. The maximum Gasteiger partial charge on any atom is 0.161 e. The Morgan fingerprint density at radius 2 is 2.13 bits per heavy atom. The highest BCUT2D eigenvalue weighted by atomic mass is 16.5. The molecule has 0 unspecified atom stereocenters.